The minimum Gasteiger partial charge on any atom is -0.496 e. The molecule has 2 aromatic carbocycles. The monoisotopic (exact) mass is 421 g/mol. The molecule has 3 aromatic rings. The summed E-state index contributed by atoms with van der Waals surface area (Å²) in [6.07, 6.45) is 3.34. The summed E-state index contributed by atoms with van der Waals surface area (Å²) < 4.78 is 6.42. The number of nitrogens with zero attached hydrogens (tertiary/aromatic N) is 3. The summed E-state index contributed by atoms with van der Waals surface area (Å²) in [7, 11) is 1.60. The number of para-hydroxylation sites is 1. The van der Waals surface area contributed by atoms with E-state index in [2.05, 4.69) is 4.98 Å². The number of ether oxygens (including phenoxy) is 1. The largest absolute Gasteiger partial charge is 0.496 e. The molecule has 0 unspecified atom stereocenters. The summed E-state index contributed by atoms with van der Waals surface area (Å²) >= 11 is 1.56. The van der Waals surface area contributed by atoms with Crippen molar-refractivity contribution in [2.45, 2.75) is 6.92 Å². The highest BCUT2D eigenvalue weighted by molar-refractivity contribution is 7.19. The molecule has 30 heavy (non-hydrogen) atoms. The van der Waals surface area contributed by atoms with Crippen molar-refractivity contribution < 1.29 is 14.3 Å². The van der Waals surface area contributed by atoms with E-state index in [0.29, 0.717) is 37.5 Å². The fourth-order valence-electron chi connectivity index (χ4n) is 3.47. The molecule has 0 saturated carbocycles. The van der Waals surface area contributed by atoms with Crippen LogP contribution in [-0.4, -0.2) is 59.9 Å². The highest BCUT2D eigenvalue weighted by Gasteiger charge is 2.24. The van der Waals surface area contributed by atoms with E-state index in [9.17, 15) is 9.59 Å². The van der Waals surface area contributed by atoms with Crippen LogP contribution in [0.1, 0.15) is 20.9 Å². The normalized spacial score (nSPS) is 14.5. The smallest absolute Gasteiger partial charge is 0.254 e. The average molecular weight is 422 g/mol. The van der Waals surface area contributed by atoms with Crippen LogP contribution in [0.5, 0.6) is 5.75 Å². The zero-order valence-electron chi connectivity index (χ0n) is 17.0. The van der Waals surface area contributed by atoms with Crippen molar-refractivity contribution in [1.82, 2.24) is 14.8 Å². The Morgan fingerprint density at radius 2 is 1.80 bits per heavy atom. The van der Waals surface area contributed by atoms with Crippen LogP contribution >= 0.6 is 11.3 Å². The number of fused-ring (bicyclic) bond motifs is 1. The molecule has 0 atom stereocenters. The van der Waals surface area contributed by atoms with E-state index in [-0.39, 0.29) is 11.8 Å². The van der Waals surface area contributed by atoms with Gasteiger partial charge in [-0.1, -0.05) is 18.2 Å². The third-order valence-corrected chi connectivity index (χ3v) is 6.21. The van der Waals surface area contributed by atoms with Crippen LogP contribution in [0.2, 0.25) is 0 Å². The molecule has 1 aliphatic heterocycles. The van der Waals surface area contributed by atoms with Gasteiger partial charge in [0.2, 0.25) is 5.91 Å². The first kappa shape index (κ1) is 20.1. The maximum Gasteiger partial charge on any atom is 0.254 e. The van der Waals surface area contributed by atoms with E-state index in [1.54, 1.807) is 46.5 Å². The van der Waals surface area contributed by atoms with Crippen molar-refractivity contribution in [3.63, 3.8) is 0 Å². The lowest BCUT2D eigenvalue weighted by molar-refractivity contribution is -0.127. The van der Waals surface area contributed by atoms with E-state index < -0.39 is 0 Å². The molecule has 7 heteroatoms. The standard InChI is InChI=1S/C23H23N3O3S/c1-16-7-8-17(15-19(16)29-2)23(28)26-13-11-25(12-14-26)22(27)10-9-21-24-18-5-3-4-6-20(18)30-21/h3-10,15H,11-14H2,1-2H3/b10-9+. The van der Waals surface area contributed by atoms with Gasteiger partial charge in [-0.3, -0.25) is 9.59 Å². The molecule has 6 nitrogen and oxygen atoms in total. The Hall–Kier alpha value is -3.19. The van der Waals surface area contributed by atoms with Crippen molar-refractivity contribution in [3.8, 4) is 5.75 Å². The molecule has 154 valence electrons. The molecule has 0 radical (unpaired) electrons. The second kappa shape index (κ2) is 8.67. The fraction of sp³-hybridized carbons (Fsp3) is 0.261. The second-order valence-corrected chi connectivity index (χ2v) is 8.22. The number of methoxy groups -OCH3 is 1. The number of aromatic nitrogens is 1. The molecule has 2 amide bonds. The van der Waals surface area contributed by atoms with Gasteiger partial charge in [-0.2, -0.15) is 0 Å². The molecule has 4 rings (SSSR count). The van der Waals surface area contributed by atoms with Gasteiger partial charge in [0.05, 0.1) is 17.3 Å². The third kappa shape index (κ3) is 4.21. The number of aryl methyl sites for hydroxylation is 1. The second-order valence-electron chi connectivity index (χ2n) is 7.16. The first-order valence-corrected chi connectivity index (χ1v) is 10.6. The van der Waals surface area contributed by atoms with E-state index in [4.69, 9.17) is 4.74 Å². The van der Waals surface area contributed by atoms with Crippen LogP contribution in [-0.2, 0) is 4.79 Å². The number of carbonyl (C=O) groups excluding carboxylic acids is 2. The SMILES string of the molecule is COc1cc(C(=O)N2CCN(C(=O)/C=C/c3nc4ccccc4s3)CC2)ccc1C. The molecular weight excluding hydrogens is 398 g/mol. The summed E-state index contributed by atoms with van der Waals surface area (Å²) in [6.45, 7) is 3.99. The zero-order chi connectivity index (χ0) is 21.1. The van der Waals surface area contributed by atoms with Crippen LogP contribution in [0, 0.1) is 6.92 Å². The molecule has 0 N–H and O–H groups in total. The number of rotatable bonds is 4. The molecule has 1 aromatic heterocycles. The zero-order valence-corrected chi connectivity index (χ0v) is 17.8. The molecule has 0 aliphatic carbocycles. The highest BCUT2D eigenvalue weighted by atomic mass is 32.1. The van der Waals surface area contributed by atoms with Crippen molar-refractivity contribution in [2.75, 3.05) is 33.3 Å². The van der Waals surface area contributed by atoms with Gasteiger partial charge in [0.1, 0.15) is 10.8 Å². The molecule has 0 spiro atoms. The predicted octanol–water partition coefficient (Wildman–Crippen LogP) is 3.61. The highest BCUT2D eigenvalue weighted by Crippen LogP contribution is 2.23. The Kier molecular flexibility index (Phi) is 5.81. The average Bonchev–Trinajstić information content (AvgIpc) is 3.20. The van der Waals surface area contributed by atoms with Gasteiger partial charge in [-0.25, -0.2) is 4.98 Å². The minimum atomic E-state index is -0.0571. The quantitative estimate of drug-likeness (QED) is 0.604. The Balaban J connectivity index is 1.35. The first-order valence-electron chi connectivity index (χ1n) is 9.81. The number of piperazine rings is 1. The molecule has 0 bridgehead atoms. The Bertz CT molecular complexity index is 1080. The number of hydrogen-bond acceptors (Lipinski definition) is 5. The van der Waals surface area contributed by atoms with Crippen LogP contribution < -0.4 is 4.74 Å². The first-order chi connectivity index (χ1) is 14.5. The van der Waals surface area contributed by atoms with Gasteiger partial charge in [-0.15, -0.1) is 11.3 Å². The summed E-state index contributed by atoms with van der Waals surface area (Å²) in [5, 5.41) is 0.812. The van der Waals surface area contributed by atoms with E-state index >= 15 is 0 Å². The summed E-state index contributed by atoms with van der Waals surface area (Å²) in [4.78, 5) is 33.4. The molecule has 1 fully saturated rings. The van der Waals surface area contributed by atoms with Crippen molar-refractivity contribution >= 4 is 39.4 Å². The van der Waals surface area contributed by atoms with Crippen LogP contribution in [0.25, 0.3) is 16.3 Å². The summed E-state index contributed by atoms with van der Waals surface area (Å²) in [5.74, 6) is 0.610. The predicted molar refractivity (Wildman–Crippen MR) is 119 cm³/mol. The van der Waals surface area contributed by atoms with Gasteiger partial charge in [0.15, 0.2) is 0 Å². The molecular formula is C23H23N3O3S. The molecule has 1 aliphatic rings. The Morgan fingerprint density at radius 1 is 1.07 bits per heavy atom. The summed E-state index contributed by atoms with van der Waals surface area (Å²) in [6, 6.07) is 13.4. The minimum absolute atomic E-state index is 0.0367. The Morgan fingerprint density at radius 3 is 2.53 bits per heavy atom. The van der Waals surface area contributed by atoms with Crippen molar-refractivity contribution in [3.05, 3.63) is 64.7 Å². The number of hydrogen-bond donors (Lipinski definition) is 0. The van der Waals surface area contributed by atoms with Crippen molar-refractivity contribution in [2.24, 2.45) is 0 Å². The lowest BCUT2D eigenvalue weighted by Gasteiger charge is -2.34. The topological polar surface area (TPSA) is 62.7 Å². The van der Waals surface area contributed by atoms with Gasteiger partial charge in [-0.05, 0) is 42.8 Å². The van der Waals surface area contributed by atoms with Crippen LogP contribution in [0.3, 0.4) is 0 Å². The van der Waals surface area contributed by atoms with Gasteiger partial charge >= 0.3 is 0 Å². The lowest BCUT2D eigenvalue weighted by Crippen LogP contribution is -2.50. The summed E-state index contributed by atoms with van der Waals surface area (Å²) in [5.41, 5.74) is 2.53. The lowest BCUT2D eigenvalue weighted by atomic mass is 10.1. The number of benzene rings is 2. The Labute approximate surface area is 179 Å². The van der Waals surface area contributed by atoms with Crippen LogP contribution in [0.15, 0.2) is 48.5 Å². The van der Waals surface area contributed by atoms with E-state index in [1.807, 2.05) is 43.3 Å². The van der Waals surface area contributed by atoms with Gasteiger partial charge in [0, 0.05) is 37.8 Å². The fourth-order valence-corrected chi connectivity index (χ4v) is 4.35. The van der Waals surface area contributed by atoms with Gasteiger partial charge < -0.3 is 14.5 Å². The number of amides is 2. The number of carbonyl (C=O) groups is 2. The van der Waals surface area contributed by atoms with Crippen molar-refractivity contribution in [1.29, 1.82) is 0 Å². The van der Waals surface area contributed by atoms with E-state index in [0.717, 1.165) is 20.8 Å². The van der Waals surface area contributed by atoms with Gasteiger partial charge in [0.25, 0.3) is 5.91 Å². The third-order valence-electron chi connectivity index (χ3n) is 5.21. The molecule has 2 heterocycles. The maximum absolute atomic E-state index is 12.8. The van der Waals surface area contributed by atoms with E-state index in [1.165, 1.54) is 0 Å². The molecule has 1 saturated heterocycles. The number of thiazole rings is 1. The maximum atomic E-state index is 12.8. The van der Waals surface area contributed by atoms with Crippen LogP contribution in [0.4, 0.5) is 0 Å².